The topological polar surface area (TPSA) is 117 Å². The van der Waals surface area contributed by atoms with E-state index in [0.29, 0.717) is 37.3 Å². The van der Waals surface area contributed by atoms with Crippen molar-refractivity contribution in [2.45, 2.75) is 64.8 Å². The van der Waals surface area contributed by atoms with Gasteiger partial charge < -0.3 is 20.5 Å². The molecule has 10 nitrogen and oxygen atoms in total. The second-order valence-corrected chi connectivity index (χ2v) is 12.9. The Kier molecular flexibility index (Phi) is 20.6. The number of hydrogen-bond donors (Lipinski definition) is 2. The molecule has 1 fully saturated rings. The molecule has 4 heterocycles. The van der Waals surface area contributed by atoms with Gasteiger partial charge in [0.1, 0.15) is 10.4 Å². The molecule has 4 aliphatic heterocycles. The zero-order valence-electron chi connectivity index (χ0n) is 27.4. The summed E-state index contributed by atoms with van der Waals surface area (Å²) in [5.74, 6) is 0.717. The fourth-order valence-electron chi connectivity index (χ4n) is 4.31. The van der Waals surface area contributed by atoms with Gasteiger partial charge in [-0.05, 0) is 61.3 Å². The third kappa shape index (κ3) is 14.3. The summed E-state index contributed by atoms with van der Waals surface area (Å²) in [5.41, 5.74) is 8.21. The fourth-order valence-corrected chi connectivity index (χ4v) is 5.67. The van der Waals surface area contributed by atoms with Gasteiger partial charge >= 0.3 is 11.9 Å². The average molecular weight is 697 g/mol. The van der Waals surface area contributed by atoms with Gasteiger partial charge in [-0.15, -0.1) is 24.0 Å². The number of likely N-dealkylation sites (N-methyl/N-ethyl adjacent to an activating group) is 3. The standard InChI is InChI=1S/C9H14N2S2.C9H15NO2.C8H12ClNO.C4H9NO2.ClH/c1-6-3-7(4-11(6)2)8-5-13-9(12)10-8;1-4-12-9(11)8-5-7(2)10(3)6-8;1-6-3-7(5-10(6)2)8(11)4-9;1-3(5)4(6)7-2;/h3,6,8H,4-5H2,1-2H3,(H,10,12);5,7H,4,6H2,1-3H3;3,6H,4-5H2,1-2H3;3H,5H2,1-2H3;1H/t6-,8?;7-;6-;3-;/m0000./s1. The molecule has 0 aromatic carbocycles. The smallest absolute Gasteiger partial charge is 0.335 e. The average Bonchev–Trinajstić information content (AvgIpc) is 3.73. The van der Waals surface area contributed by atoms with Crippen molar-refractivity contribution in [3.63, 3.8) is 0 Å². The van der Waals surface area contributed by atoms with Crippen LogP contribution in [0.2, 0.25) is 0 Å². The highest BCUT2D eigenvalue weighted by molar-refractivity contribution is 8.23. The number of hydrogen-bond acceptors (Lipinski definition) is 11. The van der Waals surface area contributed by atoms with E-state index in [1.807, 2.05) is 33.2 Å². The quantitative estimate of drug-likeness (QED) is 0.184. The summed E-state index contributed by atoms with van der Waals surface area (Å²) in [4.78, 5) is 39.0. The summed E-state index contributed by atoms with van der Waals surface area (Å²) < 4.78 is 10.1. The van der Waals surface area contributed by atoms with Crippen LogP contribution in [0.25, 0.3) is 0 Å². The van der Waals surface area contributed by atoms with Crippen molar-refractivity contribution in [3.05, 3.63) is 34.9 Å². The number of carbonyl (C=O) groups is 3. The highest BCUT2D eigenvalue weighted by Crippen LogP contribution is 2.24. The predicted octanol–water partition coefficient (Wildman–Crippen LogP) is 3.03. The third-order valence-electron chi connectivity index (χ3n) is 7.41. The maximum absolute atomic E-state index is 11.2. The van der Waals surface area contributed by atoms with E-state index in [9.17, 15) is 14.4 Å². The minimum Gasteiger partial charge on any atom is -0.468 e. The van der Waals surface area contributed by atoms with Crippen LogP contribution in [0, 0.1) is 0 Å². The lowest BCUT2D eigenvalue weighted by molar-refractivity contribution is -0.141. The lowest BCUT2D eigenvalue weighted by Crippen LogP contribution is -2.30. The van der Waals surface area contributed by atoms with Crippen LogP contribution in [0.5, 0.6) is 0 Å². The molecule has 0 aromatic heterocycles. The van der Waals surface area contributed by atoms with E-state index in [1.165, 1.54) is 12.7 Å². The molecule has 0 radical (unpaired) electrons. The number of thiocarbonyl (C=S) groups is 1. The van der Waals surface area contributed by atoms with Crippen LogP contribution in [0.4, 0.5) is 0 Å². The number of halogens is 2. The van der Waals surface area contributed by atoms with Crippen molar-refractivity contribution in [2.24, 2.45) is 5.73 Å². The number of nitrogens with one attached hydrogen (secondary N) is 1. The molecule has 14 heteroatoms. The summed E-state index contributed by atoms with van der Waals surface area (Å²) in [6.07, 6.45) is 6.29. The maximum Gasteiger partial charge on any atom is 0.335 e. The first kappa shape index (κ1) is 42.5. The molecule has 252 valence electrons. The summed E-state index contributed by atoms with van der Waals surface area (Å²) in [7, 11) is 7.46. The number of thioether (sulfide) groups is 1. The largest absolute Gasteiger partial charge is 0.468 e. The van der Waals surface area contributed by atoms with Crippen molar-refractivity contribution in [1.82, 2.24) is 20.0 Å². The highest BCUT2D eigenvalue weighted by Gasteiger charge is 2.28. The maximum atomic E-state index is 11.2. The van der Waals surface area contributed by atoms with Gasteiger partial charge in [-0.3, -0.25) is 24.3 Å². The van der Waals surface area contributed by atoms with Gasteiger partial charge in [0.25, 0.3) is 0 Å². The molecular weight excluding hydrogens is 645 g/mol. The predicted molar refractivity (Wildman–Crippen MR) is 188 cm³/mol. The summed E-state index contributed by atoms with van der Waals surface area (Å²) in [5, 5.41) is 3.34. The van der Waals surface area contributed by atoms with Gasteiger partial charge in [0.2, 0.25) is 0 Å². The minimum atomic E-state index is -0.495. The molecule has 3 N–H and O–H groups in total. The second-order valence-electron chi connectivity index (χ2n) is 11.0. The Hall–Kier alpha value is -1.51. The number of nitrogens with two attached hydrogens (primary N) is 1. The van der Waals surface area contributed by atoms with E-state index in [4.69, 9.17) is 34.3 Å². The van der Waals surface area contributed by atoms with Gasteiger partial charge in [0, 0.05) is 54.7 Å². The number of rotatable bonds is 6. The van der Waals surface area contributed by atoms with E-state index < -0.39 is 6.04 Å². The van der Waals surface area contributed by atoms with E-state index in [2.05, 4.69) is 58.6 Å². The van der Waals surface area contributed by atoms with Crippen molar-refractivity contribution < 1.29 is 23.9 Å². The molecule has 0 saturated carbocycles. The molecular formula is C30H51Cl2N5O5S2. The monoisotopic (exact) mass is 695 g/mol. The number of esters is 2. The summed E-state index contributed by atoms with van der Waals surface area (Å²) in [6, 6.07) is 1.30. The molecule has 1 unspecified atom stereocenters. The number of ketones is 1. The third-order valence-corrected chi connectivity index (χ3v) is 9.00. The molecule has 44 heavy (non-hydrogen) atoms. The summed E-state index contributed by atoms with van der Waals surface area (Å²) in [6.45, 7) is 12.7. The van der Waals surface area contributed by atoms with E-state index in [-0.39, 0.29) is 36.0 Å². The molecule has 5 atom stereocenters. The molecule has 0 aromatic rings. The zero-order valence-corrected chi connectivity index (χ0v) is 30.6. The Bertz CT molecular complexity index is 1070. The van der Waals surface area contributed by atoms with Gasteiger partial charge in [0.15, 0.2) is 5.78 Å². The van der Waals surface area contributed by atoms with Crippen LogP contribution in [-0.2, 0) is 23.9 Å². The summed E-state index contributed by atoms with van der Waals surface area (Å²) >= 11 is 12.3. The van der Waals surface area contributed by atoms with E-state index >= 15 is 0 Å². The number of nitrogens with zero attached hydrogens (tertiary/aromatic N) is 3. The molecule has 0 aliphatic carbocycles. The molecule has 4 aliphatic rings. The van der Waals surface area contributed by atoms with E-state index in [0.717, 1.165) is 34.3 Å². The van der Waals surface area contributed by atoms with Crippen molar-refractivity contribution in [3.8, 4) is 0 Å². The number of Topliss-reactive ketones (excluding diaryl/α,β-unsaturated/α-hetero) is 1. The Morgan fingerprint density at radius 3 is 1.84 bits per heavy atom. The number of carbonyl (C=O) groups excluding carboxylic acids is 3. The second kappa shape index (κ2) is 21.3. The first-order chi connectivity index (χ1) is 20.1. The Balaban J connectivity index is 0.000000569. The zero-order chi connectivity index (χ0) is 32.9. The van der Waals surface area contributed by atoms with Gasteiger partial charge in [-0.25, -0.2) is 4.79 Å². The van der Waals surface area contributed by atoms with Crippen LogP contribution >= 0.6 is 48.0 Å². The van der Waals surface area contributed by atoms with Gasteiger partial charge in [-0.1, -0.05) is 42.2 Å². The lowest BCUT2D eigenvalue weighted by Gasteiger charge is -2.15. The Morgan fingerprint density at radius 1 is 1.02 bits per heavy atom. The first-order valence-electron chi connectivity index (χ1n) is 14.4. The SMILES string of the molecule is CCOC(=O)C1=C[C@H](C)N(C)C1.COC(=O)[C@H](C)N.C[C@H]1C=C(C(=O)CCl)CN1C.C[C@H]1C=C(C2CSC(=S)N2)CN1C.Cl. The van der Waals surface area contributed by atoms with Crippen LogP contribution < -0.4 is 11.1 Å². The highest BCUT2D eigenvalue weighted by atomic mass is 35.5. The van der Waals surface area contributed by atoms with E-state index in [1.54, 1.807) is 18.7 Å². The van der Waals surface area contributed by atoms with Gasteiger partial charge in [-0.2, -0.15) is 0 Å². The lowest BCUT2D eigenvalue weighted by atomic mass is 10.1. The van der Waals surface area contributed by atoms with Crippen LogP contribution in [0.3, 0.4) is 0 Å². The van der Waals surface area contributed by atoms with Crippen LogP contribution in [0.15, 0.2) is 34.9 Å². The van der Waals surface area contributed by atoms with Crippen molar-refractivity contribution >= 4 is 70.0 Å². The fraction of sp³-hybridized carbons (Fsp3) is 0.667. The van der Waals surface area contributed by atoms with Crippen LogP contribution in [0.1, 0.15) is 34.6 Å². The molecule has 1 saturated heterocycles. The molecule has 0 spiro atoms. The number of methoxy groups -OCH3 is 1. The Morgan fingerprint density at radius 2 is 1.52 bits per heavy atom. The molecule has 0 bridgehead atoms. The molecule has 4 rings (SSSR count). The van der Waals surface area contributed by atoms with Crippen molar-refractivity contribution in [2.75, 3.05) is 66.1 Å². The number of alkyl halides is 1. The Labute approximate surface area is 284 Å². The van der Waals surface area contributed by atoms with Gasteiger partial charge in [0.05, 0.1) is 25.6 Å². The van der Waals surface area contributed by atoms with Crippen LogP contribution in [-0.4, -0.2) is 133 Å². The molecule has 0 amide bonds. The minimum absolute atomic E-state index is 0. The normalized spacial score (nSPS) is 25.2. The first-order valence-corrected chi connectivity index (χ1v) is 16.3. The van der Waals surface area contributed by atoms with Crippen molar-refractivity contribution in [1.29, 1.82) is 0 Å². The number of ether oxygens (including phenoxy) is 2.